The van der Waals surface area contributed by atoms with Crippen molar-refractivity contribution in [2.75, 3.05) is 12.0 Å². The third-order valence-corrected chi connectivity index (χ3v) is 7.61. The highest BCUT2D eigenvalue weighted by atomic mass is 32.2. The molecule has 0 radical (unpaired) electrons. The first-order valence-corrected chi connectivity index (χ1v) is 9.83. The lowest BCUT2D eigenvalue weighted by molar-refractivity contribution is -0.138. The highest BCUT2D eigenvalue weighted by Crippen LogP contribution is 2.52. The van der Waals surface area contributed by atoms with Gasteiger partial charge in [-0.2, -0.15) is 11.8 Å². The average Bonchev–Trinajstić information content (AvgIpc) is 3.05. The quantitative estimate of drug-likeness (QED) is 0.815. The number of sulfone groups is 1. The summed E-state index contributed by atoms with van der Waals surface area (Å²) >= 11 is 1.80. The molecule has 6 heteroatoms. The predicted octanol–water partition coefficient (Wildman–Crippen LogP) is 2.33. The molecule has 0 bridgehead atoms. The van der Waals surface area contributed by atoms with Crippen molar-refractivity contribution in [3.63, 3.8) is 0 Å². The van der Waals surface area contributed by atoms with Gasteiger partial charge in [0.2, 0.25) is 0 Å². The van der Waals surface area contributed by atoms with E-state index < -0.39 is 15.8 Å². The SMILES string of the molecule is CS(=O)(=O)C1CCCC(SCC2(CC(=O)O)CC2)C1. The van der Waals surface area contributed by atoms with Crippen molar-refractivity contribution in [1.82, 2.24) is 0 Å². The first-order chi connectivity index (χ1) is 8.81. The monoisotopic (exact) mass is 306 g/mol. The van der Waals surface area contributed by atoms with Crippen LogP contribution in [-0.2, 0) is 14.6 Å². The second-order valence-electron chi connectivity index (χ2n) is 6.12. The van der Waals surface area contributed by atoms with Crippen molar-refractivity contribution in [1.29, 1.82) is 0 Å². The Balaban J connectivity index is 1.82. The smallest absolute Gasteiger partial charge is 0.303 e. The number of thioether (sulfide) groups is 1. The van der Waals surface area contributed by atoms with Gasteiger partial charge in [0.1, 0.15) is 9.84 Å². The van der Waals surface area contributed by atoms with E-state index in [0.29, 0.717) is 5.25 Å². The van der Waals surface area contributed by atoms with Crippen LogP contribution < -0.4 is 0 Å². The fourth-order valence-electron chi connectivity index (χ4n) is 2.81. The molecule has 19 heavy (non-hydrogen) atoms. The van der Waals surface area contributed by atoms with Crippen molar-refractivity contribution in [3.8, 4) is 0 Å². The number of rotatable bonds is 6. The summed E-state index contributed by atoms with van der Waals surface area (Å²) in [6.45, 7) is 0. The van der Waals surface area contributed by atoms with Gasteiger partial charge in [-0.15, -0.1) is 0 Å². The lowest BCUT2D eigenvalue weighted by atomic mass is 10.00. The first kappa shape index (κ1) is 15.2. The molecule has 0 aromatic heterocycles. The van der Waals surface area contributed by atoms with E-state index in [1.807, 2.05) is 0 Å². The van der Waals surface area contributed by atoms with E-state index in [-0.39, 0.29) is 17.1 Å². The van der Waals surface area contributed by atoms with E-state index in [2.05, 4.69) is 0 Å². The van der Waals surface area contributed by atoms with Crippen molar-refractivity contribution >= 4 is 27.6 Å². The van der Waals surface area contributed by atoms with E-state index in [0.717, 1.165) is 44.3 Å². The van der Waals surface area contributed by atoms with Crippen LogP contribution in [-0.4, -0.2) is 42.0 Å². The molecule has 2 saturated carbocycles. The number of carbonyl (C=O) groups is 1. The molecule has 0 aromatic carbocycles. The van der Waals surface area contributed by atoms with Crippen LogP contribution in [0.5, 0.6) is 0 Å². The second-order valence-corrected chi connectivity index (χ2v) is 9.74. The summed E-state index contributed by atoms with van der Waals surface area (Å²) in [5.74, 6) is 0.163. The van der Waals surface area contributed by atoms with E-state index >= 15 is 0 Å². The molecular formula is C13H22O4S2. The number of carboxylic acids is 1. The molecule has 4 nitrogen and oxygen atoms in total. The Bertz CT molecular complexity index is 440. The van der Waals surface area contributed by atoms with Crippen LogP contribution in [0.1, 0.15) is 44.9 Å². The van der Waals surface area contributed by atoms with Gasteiger partial charge < -0.3 is 5.11 Å². The van der Waals surface area contributed by atoms with Crippen LogP contribution in [0.2, 0.25) is 0 Å². The molecule has 1 N–H and O–H groups in total. The maximum atomic E-state index is 11.6. The predicted molar refractivity (Wildman–Crippen MR) is 77.3 cm³/mol. The Morgan fingerprint density at radius 1 is 1.37 bits per heavy atom. The summed E-state index contributed by atoms with van der Waals surface area (Å²) in [5.41, 5.74) is 0.00847. The van der Waals surface area contributed by atoms with Crippen LogP contribution in [0.4, 0.5) is 0 Å². The fraction of sp³-hybridized carbons (Fsp3) is 0.923. The first-order valence-electron chi connectivity index (χ1n) is 6.83. The highest BCUT2D eigenvalue weighted by Gasteiger charge is 2.45. The molecule has 0 spiro atoms. The molecule has 2 atom stereocenters. The molecule has 0 aliphatic heterocycles. The summed E-state index contributed by atoms with van der Waals surface area (Å²) in [4.78, 5) is 10.8. The zero-order valence-electron chi connectivity index (χ0n) is 11.3. The third-order valence-electron chi connectivity index (χ3n) is 4.29. The van der Waals surface area contributed by atoms with Gasteiger partial charge in [-0.25, -0.2) is 8.42 Å². The lowest BCUT2D eigenvalue weighted by Gasteiger charge is -2.28. The zero-order chi connectivity index (χ0) is 14.1. The largest absolute Gasteiger partial charge is 0.481 e. The maximum absolute atomic E-state index is 11.6. The Hall–Kier alpha value is -0.230. The van der Waals surface area contributed by atoms with Crippen molar-refractivity contribution in [2.24, 2.45) is 5.41 Å². The fourth-order valence-corrected chi connectivity index (χ4v) is 5.79. The maximum Gasteiger partial charge on any atom is 0.303 e. The zero-order valence-corrected chi connectivity index (χ0v) is 12.9. The number of hydrogen-bond acceptors (Lipinski definition) is 4. The summed E-state index contributed by atoms with van der Waals surface area (Å²) < 4.78 is 23.2. The number of carboxylic acid groups (broad SMARTS) is 1. The van der Waals surface area contributed by atoms with Gasteiger partial charge >= 0.3 is 5.97 Å². The van der Waals surface area contributed by atoms with Gasteiger partial charge in [-0.05, 0) is 43.3 Å². The van der Waals surface area contributed by atoms with E-state index in [9.17, 15) is 13.2 Å². The van der Waals surface area contributed by atoms with Crippen molar-refractivity contribution in [2.45, 2.75) is 55.4 Å². The van der Waals surface area contributed by atoms with Gasteiger partial charge in [0.25, 0.3) is 0 Å². The minimum absolute atomic E-state index is 0.00847. The molecule has 0 heterocycles. The molecule has 2 rings (SSSR count). The van der Waals surface area contributed by atoms with Gasteiger partial charge in [-0.1, -0.05) is 6.42 Å². The summed E-state index contributed by atoms with van der Waals surface area (Å²) in [6.07, 6.45) is 7.19. The molecule has 0 aromatic rings. The molecular weight excluding hydrogens is 284 g/mol. The summed E-state index contributed by atoms with van der Waals surface area (Å²) in [7, 11) is -2.92. The Labute approximate surface area is 119 Å². The molecule has 0 saturated heterocycles. The molecule has 2 unspecified atom stereocenters. The third kappa shape index (κ3) is 4.38. The van der Waals surface area contributed by atoms with Crippen molar-refractivity contribution < 1.29 is 18.3 Å². The number of hydrogen-bond donors (Lipinski definition) is 1. The average molecular weight is 306 g/mol. The minimum atomic E-state index is -2.92. The van der Waals surface area contributed by atoms with Crippen LogP contribution in [0.25, 0.3) is 0 Å². The minimum Gasteiger partial charge on any atom is -0.481 e. The summed E-state index contributed by atoms with van der Waals surface area (Å²) in [5, 5.41) is 9.09. The molecule has 2 aliphatic rings. The van der Waals surface area contributed by atoms with E-state index in [1.165, 1.54) is 6.26 Å². The normalized spacial score (nSPS) is 29.9. The van der Waals surface area contributed by atoms with Gasteiger partial charge in [0.05, 0.1) is 11.7 Å². The lowest BCUT2D eigenvalue weighted by Crippen LogP contribution is -2.29. The second kappa shape index (κ2) is 5.64. The summed E-state index contributed by atoms with van der Waals surface area (Å²) in [6, 6.07) is 0. The van der Waals surface area contributed by atoms with Crippen molar-refractivity contribution in [3.05, 3.63) is 0 Å². The van der Waals surface area contributed by atoms with Crippen LogP contribution in [0.3, 0.4) is 0 Å². The Morgan fingerprint density at radius 2 is 2.05 bits per heavy atom. The van der Waals surface area contributed by atoms with E-state index in [4.69, 9.17) is 5.11 Å². The van der Waals surface area contributed by atoms with Crippen LogP contribution in [0.15, 0.2) is 0 Å². The number of aliphatic carboxylic acids is 1. The van der Waals surface area contributed by atoms with Gasteiger partial charge in [0, 0.05) is 11.5 Å². The van der Waals surface area contributed by atoms with Gasteiger partial charge in [-0.3, -0.25) is 4.79 Å². The molecule has 110 valence electrons. The highest BCUT2D eigenvalue weighted by molar-refractivity contribution is 8.00. The molecule has 2 fully saturated rings. The molecule has 2 aliphatic carbocycles. The van der Waals surface area contributed by atoms with Gasteiger partial charge in [0.15, 0.2) is 0 Å². The standard InChI is InChI=1S/C13H22O4S2/c1-19(16,17)11-4-2-3-10(7-11)18-9-13(5-6-13)8-12(14)15/h10-11H,2-9H2,1H3,(H,14,15). The van der Waals surface area contributed by atoms with Crippen LogP contribution in [0, 0.1) is 5.41 Å². The Kier molecular flexibility index (Phi) is 4.50. The van der Waals surface area contributed by atoms with E-state index in [1.54, 1.807) is 11.8 Å². The topological polar surface area (TPSA) is 71.4 Å². The van der Waals surface area contributed by atoms with Crippen LogP contribution >= 0.6 is 11.8 Å². The Morgan fingerprint density at radius 3 is 2.58 bits per heavy atom. The molecule has 0 amide bonds.